The third-order valence-electron chi connectivity index (χ3n) is 6.33. The van der Waals surface area contributed by atoms with E-state index in [0.29, 0.717) is 0 Å². The summed E-state index contributed by atoms with van der Waals surface area (Å²) >= 11 is 6.64. The van der Waals surface area contributed by atoms with Crippen molar-refractivity contribution in [3.8, 4) is 5.75 Å². The van der Waals surface area contributed by atoms with E-state index in [1.54, 1.807) is 14.0 Å². The number of fused-ring (bicyclic) bond motifs is 4. The quantitative estimate of drug-likeness (QED) is 0.655. The Morgan fingerprint density at radius 3 is 2.75 bits per heavy atom. The number of nitrogens with zero attached hydrogens (tertiary/aromatic N) is 1. The van der Waals surface area contributed by atoms with Gasteiger partial charge in [0.2, 0.25) is 5.91 Å². The van der Waals surface area contributed by atoms with Gasteiger partial charge in [-0.05, 0) is 49.1 Å². The predicted octanol–water partition coefficient (Wildman–Crippen LogP) is 5.12. The topological polar surface area (TPSA) is 45.3 Å². The molecular weight excluding hydrogens is 372 g/mol. The molecule has 5 rings (SSSR count). The maximum Gasteiger partial charge on any atom is 0.220 e. The number of methoxy groups -OCH3 is 1. The van der Waals surface area contributed by atoms with Gasteiger partial charge in [0.15, 0.2) is 0 Å². The monoisotopic (exact) mass is 394 g/mol. The number of H-pyrrole nitrogens is 1. The Kier molecular flexibility index (Phi) is 3.79. The van der Waals surface area contributed by atoms with Crippen LogP contribution in [-0.2, 0) is 10.2 Å². The summed E-state index contributed by atoms with van der Waals surface area (Å²) in [4.78, 5) is 18.3. The number of aromatic amines is 1. The molecule has 28 heavy (non-hydrogen) atoms. The molecule has 1 amide bonds. The lowest BCUT2D eigenvalue weighted by molar-refractivity contribution is -0.131. The number of carbonyl (C=O) groups excluding carboxylic acids is 1. The van der Waals surface area contributed by atoms with E-state index < -0.39 is 0 Å². The Bertz CT molecular complexity index is 1110. The van der Waals surface area contributed by atoms with E-state index in [-0.39, 0.29) is 17.4 Å². The zero-order chi connectivity index (χ0) is 19.6. The molecule has 1 N–H and O–H groups in total. The van der Waals surface area contributed by atoms with Crippen LogP contribution in [0.15, 0.2) is 36.4 Å². The van der Waals surface area contributed by atoms with Crippen LogP contribution in [0.3, 0.4) is 0 Å². The van der Waals surface area contributed by atoms with Crippen LogP contribution in [0.4, 0.5) is 0 Å². The van der Waals surface area contributed by atoms with E-state index in [9.17, 15) is 4.79 Å². The first-order chi connectivity index (χ1) is 13.4. The summed E-state index contributed by atoms with van der Waals surface area (Å²) in [5.41, 5.74) is 5.54. The van der Waals surface area contributed by atoms with E-state index in [2.05, 4.69) is 23.2 Å². The first-order valence-electron chi connectivity index (χ1n) is 9.67. The van der Waals surface area contributed by atoms with Crippen molar-refractivity contribution in [2.75, 3.05) is 13.7 Å². The lowest BCUT2D eigenvalue weighted by Crippen LogP contribution is -2.44. The molecule has 2 heterocycles. The minimum Gasteiger partial charge on any atom is -0.496 e. The van der Waals surface area contributed by atoms with Crippen molar-refractivity contribution >= 4 is 28.4 Å². The molecule has 2 aliphatic rings. The van der Waals surface area contributed by atoms with E-state index in [1.165, 1.54) is 5.56 Å². The van der Waals surface area contributed by atoms with Gasteiger partial charge < -0.3 is 14.6 Å². The van der Waals surface area contributed by atoms with Crippen LogP contribution in [0.25, 0.3) is 10.9 Å². The van der Waals surface area contributed by atoms with E-state index in [4.69, 9.17) is 16.3 Å². The minimum absolute atomic E-state index is 0.0126. The molecule has 1 fully saturated rings. The maximum atomic E-state index is 12.7. The SMILES string of the molecule is COc1cc(C)ccc1C1c2[nH]c3cccc(Cl)c3c2C2(CC2)CN1C(C)=O. The lowest BCUT2D eigenvalue weighted by Gasteiger charge is -2.40. The number of carbonyl (C=O) groups is 1. The molecule has 1 spiro atoms. The third kappa shape index (κ3) is 2.40. The molecule has 1 aliphatic heterocycles. The van der Waals surface area contributed by atoms with Crippen molar-refractivity contribution in [3.05, 3.63) is 63.8 Å². The van der Waals surface area contributed by atoms with E-state index in [0.717, 1.165) is 57.9 Å². The molecule has 5 heteroatoms. The Hall–Kier alpha value is -2.46. The highest BCUT2D eigenvalue weighted by molar-refractivity contribution is 6.35. The molecule has 1 atom stereocenters. The van der Waals surface area contributed by atoms with Gasteiger partial charge in [0.05, 0.1) is 12.1 Å². The number of hydrogen-bond acceptors (Lipinski definition) is 2. The molecule has 1 unspecified atom stereocenters. The van der Waals surface area contributed by atoms with E-state index in [1.807, 2.05) is 30.0 Å². The standard InChI is InChI=1S/C23H23ClN2O2/c1-13-7-8-15(18(11-13)28-3)22-21-20(19-16(24)5-4-6-17(19)25-21)23(9-10-23)12-26(22)14(2)27/h4-8,11,22,25H,9-10,12H2,1-3H3. The van der Waals surface area contributed by atoms with Gasteiger partial charge >= 0.3 is 0 Å². The molecule has 4 nitrogen and oxygen atoms in total. The Morgan fingerprint density at radius 1 is 1.29 bits per heavy atom. The summed E-state index contributed by atoms with van der Waals surface area (Å²) in [7, 11) is 1.69. The van der Waals surface area contributed by atoms with Gasteiger partial charge in [-0.2, -0.15) is 0 Å². The highest BCUT2D eigenvalue weighted by Gasteiger charge is 2.54. The Labute approximate surface area is 169 Å². The first kappa shape index (κ1) is 17.6. The summed E-state index contributed by atoms with van der Waals surface area (Å²) in [6.45, 7) is 4.42. The molecule has 2 aromatic carbocycles. The number of ether oxygens (including phenoxy) is 1. The van der Waals surface area contributed by atoms with Gasteiger partial charge in [-0.15, -0.1) is 0 Å². The molecule has 1 saturated carbocycles. The van der Waals surface area contributed by atoms with Gasteiger partial charge in [-0.25, -0.2) is 0 Å². The maximum absolute atomic E-state index is 12.7. The summed E-state index contributed by atoms with van der Waals surface area (Å²) in [5, 5.41) is 1.88. The second-order valence-electron chi connectivity index (χ2n) is 8.15. The third-order valence-corrected chi connectivity index (χ3v) is 6.65. The van der Waals surface area contributed by atoms with Crippen molar-refractivity contribution in [1.29, 1.82) is 0 Å². The molecule has 3 aromatic rings. The fourth-order valence-corrected chi connectivity index (χ4v) is 5.12. The summed E-state index contributed by atoms with van der Waals surface area (Å²) in [5.74, 6) is 0.882. The van der Waals surface area contributed by atoms with Crippen LogP contribution in [0.2, 0.25) is 5.02 Å². The van der Waals surface area contributed by atoms with Crippen LogP contribution in [-0.4, -0.2) is 29.4 Å². The average Bonchev–Trinajstić information content (AvgIpc) is 3.31. The smallest absolute Gasteiger partial charge is 0.220 e. The highest BCUT2D eigenvalue weighted by Crippen LogP contribution is 2.59. The molecule has 0 saturated heterocycles. The molecule has 0 radical (unpaired) electrons. The van der Waals surface area contributed by atoms with Gasteiger partial charge in [0.1, 0.15) is 11.8 Å². The van der Waals surface area contributed by atoms with Crippen molar-refractivity contribution < 1.29 is 9.53 Å². The summed E-state index contributed by atoms with van der Waals surface area (Å²) < 4.78 is 5.71. The number of aromatic nitrogens is 1. The van der Waals surface area contributed by atoms with Crippen LogP contribution in [0, 0.1) is 6.92 Å². The fraction of sp³-hybridized carbons (Fsp3) is 0.348. The normalized spacial score (nSPS) is 19.7. The summed E-state index contributed by atoms with van der Waals surface area (Å²) in [6.07, 6.45) is 2.17. The van der Waals surface area contributed by atoms with Crippen LogP contribution in [0.1, 0.15) is 48.2 Å². The van der Waals surface area contributed by atoms with Gasteiger partial charge in [-0.3, -0.25) is 4.79 Å². The summed E-state index contributed by atoms with van der Waals surface area (Å²) in [6, 6.07) is 12.0. The fourth-order valence-electron chi connectivity index (χ4n) is 4.85. The van der Waals surface area contributed by atoms with Gasteiger partial charge in [0, 0.05) is 41.0 Å². The predicted molar refractivity (Wildman–Crippen MR) is 111 cm³/mol. The van der Waals surface area contributed by atoms with Crippen LogP contribution >= 0.6 is 11.6 Å². The molecule has 144 valence electrons. The zero-order valence-electron chi connectivity index (χ0n) is 16.3. The lowest BCUT2D eigenvalue weighted by atomic mass is 9.83. The molecule has 0 bridgehead atoms. The average molecular weight is 395 g/mol. The number of rotatable bonds is 2. The minimum atomic E-state index is -0.210. The molecular formula is C23H23ClN2O2. The van der Waals surface area contributed by atoms with Gasteiger partial charge in [-0.1, -0.05) is 29.8 Å². The second kappa shape index (κ2) is 6.02. The second-order valence-corrected chi connectivity index (χ2v) is 8.56. The van der Waals surface area contributed by atoms with Gasteiger partial charge in [0.25, 0.3) is 0 Å². The highest BCUT2D eigenvalue weighted by atomic mass is 35.5. The van der Waals surface area contributed by atoms with Crippen molar-refractivity contribution in [1.82, 2.24) is 9.88 Å². The van der Waals surface area contributed by atoms with Crippen molar-refractivity contribution in [2.45, 2.75) is 38.1 Å². The largest absolute Gasteiger partial charge is 0.496 e. The van der Waals surface area contributed by atoms with Crippen molar-refractivity contribution in [3.63, 3.8) is 0 Å². The Morgan fingerprint density at radius 2 is 2.07 bits per heavy atom. The van der Waals surface area contributed by atoms with Crippen LogP contribution in [0.5, 0.6) is 5.75 Å². The number of benzene rings is 2. The number of halogens is 1. The van der Waals surface area contributed by atoms with Crippen molar-refractivity contribution in [2.24, 2.45) is 0 Å². The molecule has 1 aliphatic carbocycles. The number of hydrogen-bond donors (Lipinski definition) is 1. The molecule has 1 aromatic heterocycles. The first-order valence-corrected chi connectivity index (χ1v) is 10.1. The number of nitrogens with one attached hydrogen (secondary N) is 1. The van der Waals surface area contributed by atoms with E-state index >= 15 is 0 Å². The zero-order valence-corrected chi connectivity index (χ0v) is 17.1. The number of amides is 1. The number of aryl methyl sites for hydroxylation is 1. The van der Waals surface area contributed by atoms with Crippen LogP contribution < -0.4 is 4.74 Å². The Balaban J connectivity index is 1.82.